The van der Waals surface area contributed by atoms with Crippen LogP contribution in [-0.2, 0) is 14.3 Å². The average Bonchev–Trinajstić information content (AvgIpc) is 2.73. The summed E-state index contributed by atoms with van der Waals surface area (Å²) < 4.78 is 5.04. The molecule has 1 unspecified atom stereocenters. The van der Waals surface area contributed by atoms with Gasteiger partial charge in [-0.25, -0.2) is 4.79 Å². The fourth-order valence-electron chi connectivity index (χ4n) is 3.49. The number of hydrogen-bond acceptors (Lipinski definition) is 6. The lowest BCUT2D eigenvalue weighted by atomic mass is 9.94. The summed E-state index contributed by atoms with van der Waals surface area (Å²) in [7, 11) is 0. The Morgan fingerprint density at radius 2 is 1.56 bits per heavy atom. The van der Waals surface area contributed by atoms with E-state index in [1.807, 2.05) is 12.1 Å². The van der Waals surface area contributed by atoms with Crippen LogP contribution in [0.2, 0.25) is 0 Å². The monoisotopic (exact) mass is 439 g/mol. The van der Waals surface area contributed by atoms with Gasteiger partial charge in [-0.15, -0.1) is 0 Å². The van der Waals surface area contributed by atoms with Crippen LogP contribution in [0, 0.1) is 0 Å². The molecule has 0 aromatic heterocycles. The van der Waals surface area contributed by atoms with Crippen molar-refractivity contribution in [3.8, 4) is 0 Å². The van der Waals surface area contributed by atoms with Crippen molar-refractivity contribution < 1.29 is 28.7 Å². The SMILES string of the molecule is CC(C)NC(=O)NC(=O)C(C)OC(=O)CCCN1C(=O)c2cccc3cccc(c23)C1=O. The van der Waals surface area contributed by atoms with Gasteiger partial charge in [-0.3, -0.25) is 29.4 Å². The molecule has 9 nitrogen and oxygen atoms in total. The van der Waals surface area contributed by atoms with Gasteiger partial charge in [0.05, 0.1) is 0 Å². The summed E-state index contributed by atoms with van der Waals surface area (Å²) in [6.45, 7) is 4.87. The van der Waals surface area contributed by atoms with Crippen molar-refractivity contribution in [1.29, 1.82) is 0 Å². The van der Waals surface area contributed by atoms with Gasteiger partial charge in [0.15, 0.2) is 6.10 Å². The zero-order valence-corrected chi connectivity index (χ0v) is 18.1. The molecular formula is C23H25N3O6. The van der Waals surface area contributed by atoms with Gasteiger partial charge < -0.3 is 10.1 Å². The number of carbonyl (C=O) groups excluding carboxylic acids is 5. The highest BCUT2D eigenvalue weighted by Gasteiger charge is 2.32. The molecule has 0 saturated heterocycles. The lowest BCUT2D eigenvalue weighted by Gasteiger charge is -2.27. The molecule has 2 N–H and O–H groups in total. The van der Waals surface area contributed by atoms with Crippen LogP contribution < -0.4 is 10.6 Å². The van der Waals surface area contributed by atoms with Gasteiger partial charge in [0.25, 0.3) is 17.7 Å². The number of rotatable bonds is 7. The molecule has 0 spiro atoms. The Kier molecular flexibility index (Phi) is 6.87. The third kappa shape index (κ3) is 4.93. The Balaban J connectivity index is 1.54. The molecule has 1 atom stereocenters. The maximum Gasteiger partial charge on any atom is 0.321 e. The predicted molar refractivity (Wildman–Crippen MR) is 116 cm³/mol. The molecule has 168 valence electrons. The van der Waals surface area contributed by atoms with Crippen LogP contribution in [-0.4, -0.2) is 53.3 Å². The number of nitrogens with zero attached hydrogens (tertiary/aromatic N) is 1. The molecule has 1 aliphatic rings. The third-order valence-corrected chi connectivity index (χ3v) is 4.95. The van der Waals surface area contributed by atoms with Gasteiger partial charge in [-0.2, -0.15) is 0 Å². The lowest BCUT2D eigenvalue weighted by molar-refractivity contribution is -0.154. The number of urea groups is 1. The van der Waals surface area contributed by atoms with E-state index >= 15 is 0 Å². The standard InChI is InChI=1S/C23H25N3O6/c1-13(2)24-23(31)25-20(28)14(3)32-18(27)11-6-12-26-21(29)16-9-4-7-15-8-5-10-17(19(15)16)22(26)30/h4-5,7-10,13-14H,6,11-12H2,1-3H3,(H2,24,25,28,31). The van der Waals surface area contributed by atoms with Crippen LogP contribution in [0.25, 0.3) is 10.8 Å². The van der Waals surface area contributed by atoms with E-state index in [-0.39, 0.29) is 25.4 Å². The molecule has 1 aliphatic heterocycles. The summed E-state index contributed by atoms with van der Waals surface area (Å²) in [6, 6.07) is 9.74. The Morgan fingerprint density at radius 3 is 2.12 bits per heavy atom. The highest BCUT2D eigenvalue weighted by Crippen LogP contribution is 2.30. The molecule has 3 rings (SSSR count). The van der Waals surface area contributed by atoms with Gasteiger partial charge in [-0.05, 0) is 44.7 Å². The van der Waals surface area contributed by atoms with Crippen LogP contribution in [0.15, 0.2) is 36.4 Å². The van der Waals surface area contributed by atoms with E-state index in [4.69, 9.17) is 4.74 Å². The predicted octanol–water partition coefficient (Wildman–Crippen LogP) is 2.38. The summed E-state index contributed by atoms with van der Waals surface area (Å²) >= 11 is 0. The Morgan fingerprint density at radius 1 is 0.969 bits per heavy atom. The molecule has 0 saturated carbocycles. The largest absolute Gasteiger partial charge is 0.453 e. The number of carbonyl (C=O) groups is 5. The minimum atomic E-state index is -1.16. The second kappa shape index (κ2) is 9.59. The van der Waals surface area contributed by atoms with E-state index in [1.165, 1.54) is 6.92 Å². The molecule has 1 heterocycles. The first-order chi connectivity index (χ1) is 15.2. The van der Waals surface area contributed by atoms with Crippen molar-refractivity contribution in [2.75, 3.05) is 6.54 Å². The fourth-order valence-corrected chi connectivity index (χ4v) is 3.49. The summed E-state index contributed by atoms with van der Waals surface area (Å²) in [6.07, 6.45) is -1.09. The Bertz CT molecular complexity index is 1040. The van der Waals surface area contributed by atoms with Gasteiger partial charge >= 0.3 is 12.0 Å². The Hall–Kier alpha value is -3.75. The number of imide groups is 2. The lowest BCUT2D eigenvalue weighted by Crippen LogP contribution is -2.46. The molecule has 0 aliphatic carbocycles. The summed E-state index contributed by atoms with van der Waals surface area (Å²) in [5, 5.41) is 6.04. The van der Waals surface area contributed by atoms with Crippen LogP contribution in [0.5, 0.6) is 0 Å². The first-order valence-corrected chi connectivity index (χ1v) is 10.4. The van der Waals surface area contributed by atoms with Gasteiger partial charge in [0, 0.05) is 35.5 Å². The second-order valence-electron chi connectivity index (χ2n) is 7.82. The molecule has 0 radical (unpaired) electrons. The van der Waals surface area contributed by atoms with Crippen LogP contribution in [0.1, 0.15) is 54.3 Å². The van der Waals surface area contributed by atoms with Crippen LogP contribution in [0.4, 0.5) is 4.79 Å². The highest BCUT2D eigenvalue weighted by molar-refractivity contribution is 6.25. The Labute approximate surface area is 185 Å². The summed E-state index contributed by atoms with van der Waals surface area (Å²) in [5.74, 6) is -2.23. The number of amides is 5. The van der Waals surface area contributed by atoms with Crippen LogP contribution in [0.3, 0.4) is 0 Å². The van der Waals surface area contributed by atoms with E-state index in [0.29, 0.717) is 16.5 Å². The molecule has 2 aromatic carbocycles. The van der Waals surface area contributed by atoms with Crippen molar-refractivity contribution in [2.45, 2.75) is 45.8 Å². The third-order valence-electron chi connectivity index (χ3n) is 4.95. The highest BCUT2D eigenvalue weighted by atomic mass is 16.5. The molecule has 0 bridgehead atoms. The smallest absolute Gasteiger partial charge is 0.321 e. The van der Waals surface area contributed by atoms with E-state index in [0.717, 1.165) is 10.3 Å². The van der Waals surface area contributed by atoms with Crippen molar-refractivity contribution in [1.82, 2.24) is 15.5 Å². The van der Waals surface area contributed by atoms with E-state index < -0.39 is 35.8 Å². The van der Waals surface area contributed by atoms with Crippen molar-refractivity contribution in [3.63, 3.8) is 0 Å². The van der Waals surface area contributed by atoms with Gasteiger partial charge in [-0.1, -0.05) is 24.3 Å². The summed E-state index contributed by atoms with van der Waals surface area (Å²) in [5.41, 5.74) is 0.899. The van der Waals surface area contributed by atoms with Crippen molar-refractivity contribution in [2.24, 2.45) is 0 Å². The number of esters is 1. The molecular weight excluding hydrogens is 414 g/mol. The number of ether oxygens (including phenoxy) is 1. The minimum Gasteiger partial charge on any atom is -0.453 e. The van der Waals surface area contributed by atoms with Crippen LogP contribution >= 0.6 is 0 Å². The minimum absolute atomic E-state index is 0.0366. The zero-order valence-electron chi connectivity index (χ0n) is 18.1. The van der Waals surface area contributed by atoms with Crippen molar-refractivity contribution in [3.05, 3.63) is 47.5 Å². The van der Waals surface area contributed by atoms with E-state index in [2.05, 4.69) is 10.6 Å². The van der Waals surface area contributed by atoms with E-state index in [9.17, 15) is 24.0 Å². The first kappa shape index (κ1) is 22.9. The molecule has 9 heteroatoms. The second-order valence-corrected chi connectivity index (χ2v) is 7.82. The topological polar surface area (TPSA) is 122 Å². The average molecular weight is 439 g/mol. The van der Waals surface area contributed by atoms with Crippen molar-refractivity contribution >= 4 is 40.5 Å². The number of nitrogens with one attached hydrogen (secondary N) is 2. The van der Waals surface area contributed by atoms with E-state index in [1.54, 1.807) is 38.1 Å². The summed E-state index contributed by atoms with van der Waals surface area (Å²) in [4.78, 5) is 62.4. The fraction of sp³-hybridized carbons (Fsp3) is 0.348. The normalized spacial score (nSPS) is 13.8. The molecule has 2 aromatic rings. The molecule has 0 fully saturated rings. The molecule has 5 amide bonds. The maximum absolute atomic E-state index is 12.8. The quantitative estimate of drug-likeness (QED) is 0.505. The van der Waals surface area contributed by atoms with Gasteiger partial charge in [0.1, 0.15) is 0 Å². The van der Waals surface area contributed by atoms with Gasteiger partial charge in [0.2, 0.25) is 0 Å². The first-order valence-electron chi connectivity index (χ1n) is 10.4. The number of benzene rings is 2. The molecule has 32 heavy (non-hydrogen) atoms. The maximum atomic E-state index is 12.8. The zero-order chi connectivity index (χ0) is 23.4. The number of hydrogen-bond donors (Lipinski definition) is 2.